The fourth-order valence-corrected chi connectivity index (χ4v) is 3.89. The molecule has 148 valence electrons. The number of benzene rings is 1. The van der Waals surface area contributed by atoms with Crippen molar-refractivity contribution in [3.05, 3.63) is 78.4 Å². The zero-order chi connectivity index (χ0) is 20.8. The van der Waals surface area contributed by atoms with Crippen molar-refractivity contribution < 1.29 is 4.74 Å². The van der Waals surface area contributed by atoms with E-state index in [2.05, 4.69) is 67.9 Å². The molecule has 0 atom stereocenters. The van der Waals surface area contributed by atoms with E-state index in [1.807, 2.05) is 24.3 Å². The summed E-state index contributed by atoms with van der Waals surface area (Å²) < 4.78 is 6.37. The van der Waals surface area contributed by atoms with Crippen LogP contribution in [0.2, 0.25) is 0 Å². The van der Waals surface area contributed by atoms with Gasteiger partial charge in [0.2, 0.25) is 0 Å². The minimum absolute atomic E-state index is 0.0581. The smallest absolute Gasteiger partial charge is 0.127 e. The maximum Gasteiger partial charge on any atom is 0.127 e. The first-order valence-corrected chi connectivity index (χ1v) is 9.82. The van der Waals surface area contributed by atoms with E-state index in [4.69, 9.17) is 4.74 Å². The van der Waals surface area contributed by atoms with Crippen LogP contribution in [0.4, 0.5) is 0 Å². The van der Waals surface area contributed by atoms with Gasteiger partial charge in [-0.15, -0.1) is 19.7 Å². The van der Waals surface area contributed by atoms with Crippen LogP contribution in [0.5, 0.6) is 5.75 Å². The molecule has 0 aliphatic carbocycles. The summed E-state index contributed by atoms with van der Waals surface area (Å²) in [4.78, 5) is 0. The average molecular weight is 367 g/mol. The highest BCUT2D eigenvalue weighted by molar-refractivity contribution is 5.61. The zero-order valence-corrected chi connectivity index (χ0v) is 18.4. The Morgan fingerprint density at radius 1 is 0.630 bits per heavy atom. The molecule has 0 spiro atoms. The summed E-state index contributed by atoms with van der Waals surface area (Å²) >= 11 is 0. The Morgan fingerprint density at radius 2 is 1.00 bits per heavy atom. The fourth-order valence-electron chi connectivity index (χ4n) is 3.89. The molecule has 0 radical (unpaired) electrons. The van der Waals surface area contributed by atoms with Gasteiger partial charge in [0.1, 0.15) is 12.4 Å². The van der Waals surface area contributed by atoms with E-state index in [0.717, 1.165) is 25.0 Å². The SMILES string of the molecule is C=CCOc1c(C(C)(C)C)c(CC=C)c(CC=C)c(CC=C)c1C(C)(C)C. The van der Waals surface area contributed by atoms with Gasteiger partial charge in [-0.25, -0.2) is 0 Å². The summed E-state index contributed by atoms with van der Waals surface area (Å²) in [5, 5.41) is 0. The zero-order valence-electron chi connectivity index (χ0n) is 18.4. The highest BCUT2D eigenvalue weighted by Gasteiger charge is 2.33. The average Bonchev–Trinajstić information content (AvgIpc) is 2.53. The Labute approximate surface area is 167 Å². The van der Waals surface area contributed by atoms with Gasteiger partial charge in [0, 0.05) is 11.1 Å². The Morgan fingerprint density at radius 3 is 1.30 bits per heavy atom. The third-order valence-electron chi connectivity index (χ3n) is 4.68. The van der Waals surface area contributed by atoms with Crippen LogP contribution in [-0.4, -0.2) is 6.61 Å². The van der Waals surface area contributed by atoms with Gasteiger partial charge in [0.05, 0.1) is 0 Å². The maximum atomic E-state index is 6.37. The van der Waals surface area contributed by atoms with Gasteiger partial charge >= 0.3 is 0 Å². The largest absolute Gasteiger partial charge is 0.489 e. The molecule has 0 N–H and O–H groups in total. The second-order valence-electron chi connectivity index (χ2n) is 9.09. The lowest BCUT2D eigenvalue weighted by Gasteiger charge is -2.36. The molecule has 0 fully saturated rings. The van der Waals surface area contributed by atoms with E-state index >= 15 is 0 Å². The Kier molecular flexibility index (Phi) is 7.90. The first kappa shape index (κ1) is 23.0. The van der Waals surface area contributed by atoms with E-state index < -0.39 is 0 Å². The molecule has 0 aromatic heterocycles. The second kappa shape index (κ2) is 9.26. The van der Waals surface area contributed by atoms with Crippen molar-refractivity contribution in [2.75, 3.05) is 6.61 Å². The summed E-state index contributed by atoms with van der Waals surface area (Å²) in [6.07, 6.45) is 10.3. The number of hydrogen-bond acceptors (Lipinski definition) is 1. The maximum absolute atomic E-state index is 6.37. The molecule has 1 nitrogen and oxygen atoms in total. The van der Waals surface area contributed by atoms with Crippen LogP contribution in [0.25, 0.3) is 0 Å². The number of allylic oxidation sites excluding steroid dienone is 3. The molecule has 1 aromatic carbocycles. The topological polar surface area (TPSA) is 9.23 Å². The second-order valence-corrected chi connectivity index (χ2v) is 9.09. The van der Waals surface area contributed by atoms with Gasteiger partial charge in [0.15, 0.2) is 0 Å². The van der Waals surface area contributed by atoms with Crippen LogP contribution in [0.3, 0.4) is 0 Å². The number of hydrogen-bond donors (Lipinski definition) is 0. The molecule has 0 heterocycles. The van der Waals surface area contributed by atoms with E-state index in [1.54, 1.807) is 0 Å². The minimum atomic E-state index is -0.0581. The quantitative estimate of drug-likeness (QED) is 0.426. The molecule has 1 aromatic rings. The lowest BCUT2D eigenvalue weighted by Crippen LogP contribution is -2.25. The van der Waals surface area contributed by atoms with Gasteiger partial charge in [0.25, 0.3) is 0 Å². The van der Waals surface area contributed by atoms with Crippen LogP contribution in [0.15, 0.2) is 50.6 Å². The lowest BCUT2D eigenvalue weighted by atomic mass is 9.71. The highest BCUT2D eigenvalue weighted by atomic mass is 16.5. The molecule has 0 unspecified atom stereocenters. The molecule has 0 aliphatic heterocycles. The highest BCUT2D eigenvalue weighted by Crippen LogP contribution is 2.46. The summed E-state index contributed by atoms with van der Waals surface area (Å²) in [7, 11) is 0. The predicted molar refractivity (Wildman–Crippen MR) is 121 cm³/mol. The Bertz CT molecular complexity index is 656. The van der Waals surface area contributed by atoms with Crippen molar-refractivity contribution in [3.63, 3.8) is 0 Å². The normalized spacial score (nSPS) is 11.8. The van der Waals surface area contributed by atoms with Gasteiger partial charge in [-0.1, -0.05) is 72.4 Å². The predicted octanol–water partition coefficient (Wildman–Crippen LogP) is 7.03. The monoisotopic (exact) mass is 366 g/mol. The van der Waals surface area contributed by atoms with Gasteiger partial charge in [-0.05, 0) is 46.8 Å². The third kappa shape index (κ3) is 5.25. The molecular weight excluding hydrogens is 328 g/mol. The van der Waals surface area contributed by atoms with Crippen LogP contribution in [-0.2, 0) is 30.1 Å². The molecule has 0 saturated carbocycles. The fraction of sp³-hybridized carbons (Fsp3) is 0.462. The molecule has 27 heavy (non-hydrogen) atoms. The van der Waals surface area contributed by atoms with Crippen LogP contribution < -0.4 is 4.74 Å². The molecular formula is C26H38O. The summed E-state index contributed by atoms with van der Waals surface area (Å²) in [5.41, 5.74) is 6.43. The van der Waals surface area contributed by atoms with Gasteiger partial charge < -0.3 is 4.74 Å². The molecule has 1 heteroatoms. The minimum Gasteiger partial charge on any atom is -0.489 e. The van der Waals surface area contributed by atoms with E-state index in [1.165, 1.54) is 27.8 Å². The lowest BCUT2D eigenvalue weighted by molar-refractivity contribution is 0.337. The molecule has 0 amide bonds. The standard InChI is InChI=1S/C26H38O/c1-11-15-19-20(16-12-2)22(25(5,6)7)24(27-18-14-4)23(26(8,9)10)21(19)17-13-3/h11-14H,1-4,15-18H2,5-10H3. The third-order valence-corrected chi connectivity index (χ3v) is 4.68. The van der Waals surface area contributed by atoms with E-state index in [-0.39, 0.29) is 10.8 Å². The van der Waals surface area contributed by atoms with Crippen molar-refractivity contribution in [2.24, 2.45) is 0 Å². The Hall–Kier alpha value is -2.02. The molecule has 1 rings (SSSR count). The number of rotatable bonds is 9. The van der Waals surface area contributed by atoms with Crippen molar-refractivity contribution in [1.82, 2.24) is 0 Å². The summed E-state index contributed by atoms with van der Waals surface area (Å²) in [6.45, 7) is 29.9. The van der Waals surface area contributed by atoms with Crippen molar-refractivity contribution >= 4 is 0 Å². The van der Waals surface area contributed by atoms with Crippen molar-refractivity contribution in [1.29, 1.82) is 0 Å². The van der Waals surface area contributed by atoms with Crippen LogP contribution in [0, 0.1) is 0 Å². The summed E-state index contributed by atoms with van der Waals surface area (Å²) in [5.74, 6) is 1.01. The van der Waals surface area contributed by atoms with Crippen LogP contribution >= 0.6 is 0 Å². The first-order chi connectivity index (χ1) is 12.5. The van der Waals surface area contributed by atoms with Gasteiger partial charge in [-0.3, -0.25) is 0 Å². The van der Waals surface area contributed by atoms with Crippen LogP contribution in [0.1, 0.15) is 69.4 Å². The van der Waals surface area contributed by atoms with Crippen molar-refractivity contribution in [2.45, 2.75) is 71.6 Å². The van der Waals surface area contributed by atoms with E-state index in [0.29, 0.717) is 6.61 Å². The van der Waals surface area contributed by atoms with Crippen molar-refractivity contribution in [3.8, 4) is 5.75 Å². The number of ether oxygens (including phenoxy) is 1. The van der Waals surface area contributed by atoms with Gasteiger partial charge in [-0.2, -0.15) is 0 Å². The first-order valence-electron chi connectivity index (χ1n) is 9.82. The molecule has 0 bridgehead atoms. The molecule has 0 aliphatic rings. The Balaban J connectivity index is 4.22. The molecule has 0 saturated heterocycles. The summed E-state index contributed by atoms with van der Waals surface area (Å²) in [6, 6.07) is 0. The van der Waals surface area contributed by atoms with E-state index in [9.17, 15) is 0 Å².